The molecule has 7 heteroatoms. The highest BCUT2D eigenvalue weighted by atomic mass is 79.9. The molecule has 1 fully saturated rings. The highest BCUT2D eigenvalue weighted by molar-refractivity contribution is 9.10. The Morgan fingerprint density at radius 2 is 2.05 bits per heavy atom. The van der Waals surface area contributed by atoms with E-state index >= 15 is 0 Å². The van der Waals surface area contributed by atoms with Crippen LogP contribution in [-0.4, -0.2) is 29.2 Å². The van der Waals surface area contributed by atoms with Crippen molar-refractivity contribution in [3.63, 3.8) is 0 Å². The number of halogens is 2. The van der Waals surface area contributed by atoms with Crippen LogP contribution < -0.4 is 4.74 Å². The Bertz CT molecular complexity index is 622. The summed E-state index contributed by atoms with van der Waals surface area (Å²) >= 11 is 10.4. The molecule has 4 nitrogen and oxygen atoms in total. The molecule has 1 saturated heterocycles. The van der Waals surface area contributed by atoms with Crippen molar-refractivity contribution in [3.8, 4) is 5.75 Å². The number of carbonyl (C=O) groups excluding carboxylic acids is 2. The average Bonchev–Trinajstić information content (AvgIpc) is 2.63. The van der Waals surface area contributed by atoms with Gasteiger partial charge in [-0.25, -0.2) is 0 Å². The van der Waals surface area contributed by atoms with Gasteiger partial charge in [0.2, 0.25) is 0 Å². The second-order valence-corrected chi connectivity index (χ2v) is 6.92. The third kappa shape index (κ3) is 3.27. The minimum Gasteiger partial charge on any atom is -0.494 e. The van der Waals surface area contributed by atoms with Gasteiger partial charge in [0, 0.05) is 6.04 Å². The molecule has 0 bridgehead atoms. The Labute approximate surface area is 140 Å². The van der Waals surface area contributed by atoms with Gasteiger partial charge in [0.25, 0.3) is 11.1 Å². The van der Waals surface area contributed by atoms with Gasteiger partial charge in [-0.1, -0.05) is 11.6 Å². The lowest BCUT2D eigenvalue weighted by atomic mass is 10.2. The van der Waals surface area contributed by atoms with Crippen molar-refractivity contribution in [3.05, 3.63) is 32.1 Å². The lowest BCUT2D eigenvalue weighted by molar-refractivity contribution is -0.123. The number of carbonyl (C=O) groups is 2. The number of methoxy groups -OCH3 is 1. The second-order valence-electron chi connectivity index (χ2n) is 4.66. The quantitative estimate of drug-likeness (QED) is 0.710. The molecule has 0 saturated carbocycles. The number of imide groups is 1. The van der Waals surface area contributed by atoms with E-state index in [1.807, 2.05) is 0 Å². The van der Waals surface area contributed by atoms with Crippen molar-refractivity contribution >= 4 is 56.5 Å². The van der Waals surface area contributed by atoms with E-state index in [0.717, 1.165) is 17.3 Å². The lowest BCUT2D eigenvalue weighted by Gasteiger charge is -2.16. The Kier molecular flexibility index (Phi) is 5.01. The Hall–Kier alpha value is -0.980. The fourth-order valence-electron chi connectivity index (χ4n) is 1.93. The summed E-state index contributed by atoms with van der Waals surface area (Å²) in [5.74, 6) is 0.257. The summed E-state index contributed by atoms with van der Waals surface area (Å²) in [4.78, 5) is 25.7. The fourth-order valence-corrected chi connectivity index (χ4v) is 3.95. The van der Waals surface area contributed by atoms with E-state index in [1.165, 1.54) is 12.0 Å². The lowest BCUT2D eigenvalue weighted by Crippen LogP contribution is -2.34. The van der Waals surface area contributed by atoms with Gasteiger partial charge in [-0.3, -0.25) is 14.5 Å². The smallest absolute Gasteiger partial charge is 0.293 e. The molecule has 1 aromatic rings. The zero-order chi connectivity index (χ0) is 15.7. The molecular weight excluding hydrogens is 378 g/mol. The highest BCUT2D eigenvalue weighted by Crippen LogP contribution is 2.37. The van der Waals surface area contributed by atoms with Gasteiger partial charge >= 0.3 is 0 Å². The van der Waals surface area contributed by atoms with Gasteiger partial charge in [-0.15, -0.1) is 0 Å². The molecule has 0 atom stereocenters. The zero-order valence-corrected chi connectivity index (χ0v) is 14.8. The standard InChI is InChI=1S/C14H13BrClNO3S/c1-7(2)17-13(18)11(21-14(17)19)6-8-4-9(15)12(20-3)10(16)5-8/h4-7H,1-3H3/b11-6-. The Morgan fingerprint density at radius 1 is 1.38 bits per heavy atom. The summed E-state index contributed by atoms with van der Waals surface area (Å²) in [6.45, 7) is 3.61. The topological polar surface area (TPSA) is 46.6 Å². The largest absolute Gasteiger partial charge is 0.494 e. The van der Waals surface area contributed by atoms with E-state index < -0.39 is 0 Å². The van der Waals surface area contributed by atoms with Crippen LogP contribution in [0.25, 0.3) is 6.08 Å². The monoisotopic (exact) mass is 389 g/mol. The molecule has 0 unspecified atom stereocenters. The van der Waals surface area contributed by atoms with Crippen LogP contribution in [-0.2, 0) is 4.79 Å². The van der Waals surface area contributed by atoms with Gasteiger partial charge in [0.15, 0.2) is 5.75 Å². The maximum Gasteiger partial charge on any atom is 0.293 e. The van der Waals surface area contributed by atoms with Gasteiger partial charge in [-0.05, 0) is 65.3 Å². The molecule has 0 N–H and O–H groups in total. The third-order valence-corrected chi connectivity index (χ3v) is 4.62. The highest BCUT2D eigenvalue weighted by Gasteiger charge is 2.36. The summed E-state index contributed by atoms with van der Waals surface area (Å²) in [7, 11) is 1.53. The van der Waals surface area contributed by atoms with Crippen molar-refractivity contribution in [2.24, 2.45) is 0 Å². The summed E-state index contributed by atoms with van der Waals surface area (Å²) < 4.78 is 5.84. The minimum absolute atomic E-state index is 0.158. The van der Waals surface area contributed by atoms with Crippen molar-refractivity contribution in [1.29, 1.82) is 0 Å². The van der Waals surface area contributed by atoms with Crippen LogP contribution in [0, 0.1) is 0 Å². The number of rotatable bonds is 3. The second kappa shape index (κ2) is 6.42. The number of benzene rings is 1. The van der Waals surface area contributed by atoms with Gasteiger partial charge in [-0.2, -0.15) is 0 Å². The molecule has 1 aromatic carbocycles. The summed E-state index contributed by atoms with van der Waals surface area (Å²) in [6, 6.07) is 3.32. The first-order valence-electron chi connectivity index (χ1n) is 6.15. The van der Waals surface area contributed by atoms with Gasteiger partial charge < -0.3 is 4.74 Å². The predicted molar refractivity (Wildman–Crippen MR) is 88.7 cm³/mol. The van der Waals surface area contributed by atoms with Crippen molar-refractivity contribution in [2.75, 3.05) is 7.11 Å². The van der Waals surface area contributed by atoms with Crippen molar-refractivity contribution < 1.29 is 14.3 Å². The molecule has 0 radical (unpaired) electrons. The Morgan fingerprint density at radius 3 is 2.52 bits per heavy atom. The van der Waals surface area contributed by atoms with E-state index in [0.29, 0.717) is 20.2 Å². The molecule has 1 aliphatic heterocycles. The SMILES string of the molecule is COc1c(Cl)cc(/C=C2\SC(=O)N(C(C)C)C2=O)cc1Br. The molecule has 1 aliphatic rings. The number of thioether (sulfide) groups is 1. The van der Waals surface area contributed by atoms with E-state index in [9.17, 15) is 9.59 Å². The van der Waals surface area contributed by atoms with E-state index in [1.54, 1.807) is 32.1 Å². The molecule has 0 spiro atoms. The third-order valence-electron chi connectivity index (χ3n) is 2.86. The maximum absolute atomic E-state index is 12.2. The first-order chi connectivity index (χ1) is 9.85. The first-order valence-corrected chi connectivity index (χ1v) is 8.14. The van der Waals surface area contributed by atoms with E-state index in [4.69, 9.17) is 16.3 Å². The number of hydrogen-bond donors (Lipinski definition) is 0. The molecule has 2 amide bonds. The number of ether oxygens (including phenoxy) is 1. The number of amides is 2. The van der Waals surface area contributed by atoms with Gasteiger partial charge in [0.1, 0.15) is 0 Å². The van der Waals surface area contributed by atoms with Crippen LogP contribution in [0.3, 0.4) is 0 Å². The zero-order valence-electron chi connectivity index (χ0n) is 11.6. The summed E-state index contributed by atoms with van der Waals surface area (Å²) in [5, 5.41) is 0.182. The van der Waals surface area contributed by atoms with Crippen LogP contribution in [0.5, 0.6) is 5.75 Å². The average molecular weight is 391 g/mol. The number of hydrogen-bond acceptors (Lipinski definition) is 4. The molecule has 0 aromatic heterocycles. The van der Waals surface area contributed by atoms with Gasteiger partial charge in [0.05, 0.1) is 21.5 Å². The molecule has 112 valence electrons. The maximum atomic E-state index is 12.2. The van der Waals surface area contributed by atoms with E-state index in [2.05, 4.69) is 15.9 Å². The predicted octanol–water partition coefficient (Wildman–Crippen LogP) is 4.56. The number of nitrogens with zero attached hydrogens (tertiary/aromatic N) is 1. The summed E-state index contributed by atoms with van der Waals surface area (Å²) in [6.07, 6.45) is 1.66. The van der Waals surface area contributed by atoms with Crippen molar-refractivity contribution in [1.82, 2.24) is 4.90 Å². The van der Waals surface area contributed by atoms with Crippen LogP contribution in [0.4, 0.5) is 4.79 Å². The Balaban J connectivity index is 2.37. The molecule has 21 heavy (non-hydrogen) atoms. The van der Waals surface area contributed by atoms with Crippen LogP contribution >= 0.6 is 39.3 Å². The van der Waals surface area contributed by atoms with Crippen LogP contribution in [0.15, 0.2) is 21.5 Å². The van der Waals surface area contributed by atoms with Crippen molar-refractivity contribution in [2.45, 2.75) is 19.9 Å². The molecule has 1 heterocycles. The van der Waals surface area contributed by atoms with E-state index in [-0.39, 0.29) is 17.2 Å². The molecule has 0 aliphatic carbocycles. The fraction of sp³-hybridized carbons (Fsp3) is 0.286. The molecular formula is C14H13BrClNO3S. The van der Waals surface area contributed by atoms with Crippen LogP contribution in [0.2, 0.25) is 5.02 Å². The van der Waals surface area contributed by atoms with Crippen LogP contribution in [0.1, 0.15) is 19.4 Å². The minimum atomic E-state index is -0.275. The molecule has 2 rings (SSSR count). The normalized spacial score (nSPS) is 17.2. The first kappa shape index (κ1) is 16.4. The summed E-state index contributed by atoms with van der Waals surface area (Å²) in [5.41, 5.74) is 0.724.